The van der Waals surface area contributed by atoms with Crippen molar-refractivity contribution in [3.05, 3.63) is 35.4 Å². The van der Waals surface area contributed by atoms with E-state index < -0.39 is 0 Å². The zero-order valence-corrected chi connectivity index (χ0v) is 9.21. The van der Waals surface area contributed by atoms with Crippen LogP contribution in [0.5, 0.6) is 0 Å². The zero-order chi connectivity index (χ0) is 10.2. The molecule has 1 nitrogen and oxygen atoms in total. The number of rotatable bonds is 3. The van der Waals surface area contributed by atoms with Gasteiger partial charge in [0.15, 0.2) is 0 Å². The van der Waals surface area contributed by atoms with E-state index in [-0.39, 0.29) is 5.60 Å². The molecule has 2 unspecified atom stereocenters. The summed E-state index contributed by atoms with van der Waals surface area (Å²) >= 11 is 0. The van der Waals surface area contributed by atoms with E-state index in [0.29, 0.717) is 5.92 Å². The van der Waals surface area contributed by atoms with Crippen molar-refractivity contribution >= 4 is 0 Å². The molecule has 1 heteroatoms. The van der Waals surface area contributed by atoms with Gasteiger partial charge in [0, 0.05) is 12.5 Å². The second-order valence-electron chi connectivity index (χ2n) is 4.42. The predicted molar refractivity (Wildman–Crippen MR) is 58.6 cm³/mol. The highest BCUT2D eigenvalue weighted by Crippen LogP contribution is 2.53. The number of hydrogen-bond acceptors (Lipinski definition) is 1. The molecule has 2 rings (SSSR count). The number of benzene rings is 1. The fourth-order valence-electron chi connectivity index (χ4n) is 2.19. The second kappa shape index (κ2) is 3.39. The van der Waals surface area contributed by atoms with Gasteiger partial charge in [0.2, 0.25) is 0 Å². The quantitative estimate of drug-likeness (QED) is 0.710. The molecule has 14 heavy (non-hydrogen) atoms. The maximum atomic E-state index is 5.75. The molecule has 1 aromatic rings. The molecular weight excluding hydrogens is 172 g/mol. The van der Waals surface area contributed by atoms with Crippen molar-refractivity contribution in [2.75, 3.05) is 6.61 Å². The molecule has 76 valence electrons. The summed E-state index contributed by atoms with van der Waals surface area (Å²) in [5.74, 6) is 0.613. The van der Waals surface area contributed by atoms with Gasteiger partial charge in [0.25, 0.3) is 0 Å². The summed E-state index contributed by atoms with van der Waals surface area (Å²) in [6.45, 7) is 7.24. The Morgan fingerprint density at radius 2 is 2.29 bits per heavy atom. The first-order chi connectivity index (χ1) is 6.65. The first-order valence-electron chi connectivity index (χ1n) is 5.36. The Kier molecular flexibility index (Phi) is 2.36. The van der Waals surface area contributed by atoms with E-state index in [1.807, 2.05) is 0 Å². The molecule has 0 heterocycles. The van der Waals surface area contributed by atoms with Gasteiger partial charge in [0.1, 0.15) is 0 Å². The molecule has 1 fully saturated rings. The van der Waals surface area contributed by atoms with Gasteiger partial charge in [-0.25, -0.2) is 0 Å². The maximum absolute atomic E-state index is 5.75. The average Bonchev–Trinajstić information content (AvgIpc) is 2.78. The van der Waals surface area contributed by atoms with Gasteiger partial charge in [-0.1, -0.05) is 29.8 Å². The average molecular weight is 190 g/mol. The summed E-state index contributed by atoms with van der Waals surface area (Å²) in [7, 11) is 0. The summed E-state index contributed by atoms with van der Waals surface area (Å²) < 4.78 is 5.75. The number of hydrogen-bond donors (Lipinski definition) is 0. The van der Waals surface area contributed by atoms with Crippen LogP contribution in [0.3, 0.4) is 0 Å². The third-order valence-corrected chi connectivity index (χ3v) is 3.10. The van der Waals surface area contributed by atoms with Gasteiger partial charge in [-0.15, -0.1) is 0 Å². The first kappa shape index (κ1) is 9.72. The van der Waals surface area contributed by atoms with Crippen LogP contribution in [0.1, 0.15) is 37.3 Å². The van der Waals surface area contributed by atoms with Gasteiger partial charge in [-0.05, 0) is 32.8 Å². The van der Waals surface area contributed by atoms with Crippen molar-refractivity contribution in [3.63, 3.8) is 0 Å². The summed E-state index contributed by atoms with van der Waals surface area (Å²) in [6, 6.07) is 8.76. The van der Waals surface area contributed by atoms with Crippen molar-refractivity contribution in [2.24, 2.45) is 0 Å². The fraction of sp³-hybridized carbons (Fsp3) is 0.538. The second-order valence-corrected chi connectivity index (χ2v) is 4.42. The highest BCUT2D eigenvalue weighted by molar-refractivity contribution is 5.33. The summed E-state index contributed by atoms with van der Waals surface area (Å²) in [5.41, 5.74) is 2.89. The molecule has 2 atom stereocenters. The standard InChI is InChI=1S/C13H18O/c1-4-14-13(3)9-12(13)11-7-5-6-10(2)8-11/h5-8,12H,4,9H2,1-3H3. The third-order valence-electron chi connectivity index (χ3n) is 3.10. The molecule has 1 aromatic carbocycles. The van der Waals surface area contributed by atoms with Crippen LogP contribution in [0.15, 0.2) is 24.3 Å². The SMILES string of the molecule is CCOC1(C)CC1c1cccc(C)c1. The molecule has 0 aliphatic heterocycles. The molecule has 0 radical (unpaired) electrons. The largest absolute Gasteiger partial charge is 0.375 e. The third kappa shape index (κ3) is 1.69. The molecule has 1 aliphatic rings. The number of aryl methyl sites for hydroxylation is 1. The van der Waals surface area contributed by atoms with Gasteiger partial charge in [-0.3, -0.25) is 0 Å². The Balaban J connectivity index is 2.12. The van der Waals surface area contributed by atoms with Gasteiger partial charge < -0.3 is 4.74 Å². The molecular formula is C13H18O. The Morgan fingerprint density at radius 1 is 1.50 bits per heavy atom. The lowest BCUT2D eigenvalue weighted by atomic mass is 10.1. The fourth-order valence-corrected chi connectivity index (χ4v) is 2.19. The molecule has 0 amide bonds. The van der Waals surface area contributed by atoms with E-state index in [0.717, 1.165) is 6.61 Å². The van der Waals surface area contributed by atoms with E-state index >= 15 is 0 Å². The normalized spacial score (nSPS) is 30.4. The van der Waals surface area contributed by atoms with Crippen LogP contribution in [0.2, 0.25) is 0 Å². The minimum absolute atomic E-state index is 0.114. The van der Waals surface area contributed by atoms with E-state index in [9.17, 15) is 0 Å². The van der Waals surface area contributed by atoms with Crippen molar-refractivity contribution in [1.29, 1.82) is 0 Å². The van der Waals surface area contributed by atoms with E-state index in [1.165, 1.54) is 17.5 Å². The minimum atomic E-state index is 0.114. The van der Waals surface area contributed by atoms with Gasteiger partial charge in [-0.2, -0.15) is 0 Å². The molecule has 0 bridgehead atoms. The topological polar surface area (TPSA) is 9.23 Å². The van der Waals surface area contributed by atoms with Crippen LogP contribution in [0.25, 0.3) is 0 Å². The van der Waals surface area contributed by atoms with Gasteiger partial charge in [0.05, 0.1) is 5.60 Å². The molecule has 0 spiro atoms. The lowest BCUT2D eigenvalue weighted by Crippen LogP contribution is -2.11. The van der Waals surface area contributed by atoms with Crippen LogP contribution >= 0.6 is 0 Å². The van der Waals surface area contributed by atoms with Crippen LogP contribution in [0.4, 0.5) is 0 Å². The van der Waals surface area contributed by atoms with Crippen molar-refractivity contribution in [3.8, 4) is 0 Å². The van der Waals surface area contributed by atoms with Crippen molar-refractivity contribution in [1.82, 2.24) is 0 Å². The number of ether oxygens (including phenoxy) is 1. The van der Waals surface area contributed by atoms with Gasteiger partial charge >= 0.3 is 0 Å². The highest BCUT2D eigenvalue weighted by atomic mass is 16.5. The Hall–Kier alpha value is -0.820. The van der Waals surface area contributed by atoms with Crippen molar-refractivity contribution in [2.45, 2.75) is 38.7 Å². The van der Waals surface area contributed by atoms with Crippen molar-refractivity contribution < 1.29 is 4.74 Å². The van der Waals surface area contributed by atoms with Crippen LogP contribution in [-0.2, 0) is 4.74 Å². The van der Waals surface area contributed by atoms with E-state index in [4.69, 9.17) is 4.74 Å². The summed E-state index contributed by atoms with van der Waals surface area (Å²) in [4.78, 5) is 0. The maximum Gasteiger partial charge on any atom is 0.0730 e. The lowest BCUT2D eigenvalue weighted by Gasteiger charge is -2.11. The highest BCUT2D eigenvalue weighted by Gasteiger charge is 2.51. The zero-order valence-electron chi connectivity index (χ0n) is 9.21. The smallest absolute Gasteiger partial charge is 0.0730 e. The van der Waals surface area contributed by atoms with Crippen LogP contribution < -0.4 is 0 Å². The first-order valence-corrected chi connectivity index (χ1v) is 5.36. The molecule has 0 aromatic heterocycles. The minimum Gasteiger partial charge on any atom is -0.375 e. The Bertz CT molecular complexity index is 332. The molecule has 1 aliphatic carbocycles. The predicted octanol–water partition coefficient (Wildman–Crippen LogP) is 3.28. The molecule has 0 N–H and O–H groups in total. The van der Waals surface area contributed by atoms with Crippen LogP contribution in [-0.4, -0.2) is 12.2 Å². The Labute approximate surface area is 86.1 Å². The summed E-state index contributed by atoms with van der Waals surface area (Å²) in [5, 5.41) is 0. The lowest BCUT2D eigenvalue weighted by molar-refractivity contribution is 0.0513. The van der Waals surface area contributed by atoms with E-state index in [2.05, 4.69) is 45.0 Å². The van der Waals surface area contributed by atoms with E-state index in [1.54, 1.807) is 0 Å². The Morgan fingerprint density at radius 3 is 2.93 bits per heavy atom. The summed E-state index contributed by atoms with van der Waals surface area (Å²) in [6.07, 6.45) is 1.17. The molecule has 1 saturated carbocycles. The monoisotopic (exact) mass is 190 g/mol. The van der Waals surface area contributed by atoms with Crippen LogP contribution in [0, 0.1) is 6.92 Å². The molecule has 0 saturated heterocycles.